The van der Waals surface area contributed by atoms with Gasteiger partial charge in [-0.25, -0.2) is 0 Å². The summed E-state index contributed by atoms with van der Waals surface area (Å²) in [4.78, 5) is 0. The molecule has 0 fully saturated rings. The molecule has 0 nitrogen and oxygen atoms in total. The third-order valence-electron chi connectivity index (χ3n) is 2.65. The van der Waals surface area contributed by atoms with Crippen molar-refractivity contribution < 1.29 is 0 Å². The van der Waals surface area contributed by atoms with Crippen LogP contribution in [0, 0.1) is 6.92 Å². The van der Waals surface area contributed by atoms with Crippen molar-refractivity contribution in [2.24, 2.45) is 0 Å². The van der Waals surface area contributed by atoms with Gasteiger partial charge >= 0.3 is 0 Å². The van der Waals surface area contributed by atoms with Crippen LogP contribution in [0.4, 0.5) is 0 Å². The largest absolute Gasteiger partial charge is 0.0683 e. The highest BCUT2D eigenvalue weighted by atomic mass is 13.9. The maximum Gasteiger partial charge on any atom is -0.0398 e. The van der Waals surface area contributed by atoms with Gasteiger partial charge in [0.1, 0.15) is 0 Å². The van der Waals surface area contributed by atoms with Gasteiger partial charge in [-0.15, -0.1) is 0 Å². The maximum atomic E-state index is 2.26. The van der Waals surface area contributed by atoms with E-state index in [1.165, 1.54) is 50.5 Å². The third kappa shape index (κ3) is 25.9. The summed E-state index contributed by atoms with van der Waals surface area (Å²) in [7, 11) is 0. The molecule has 0 bridgehead atoms. The van der Waals surface area contributed by atoms with Gasteiger partial charge in [0.05, 0.1) is 0 Å². The molecule has 0 aliphatic rings. The fourth-order valence-corrected chi connectivity index (χ4v) is 1.56. The van der Waals surface area contributed by atoms with Crippen LogP contribution in [-0.4, -0.2) is 0 Å². The summed E-state index contributed by atoms with van der Waals surface area (Å²) < 4.78 is 0. The van der Waals surface area contributed by atoms with Crippen LogP contribution < -0.4 is 0 Å². The van der Waals surface area contributed by atoms with Gasteiger partial charge in [-0.05, 0) is 6.92 Å². The smallest absolute Gasteiger partial charge is 0.0398 e. The van der Waals surface area contributed by atoms with E-state index in [9.17, 15) is 0 Å². The van der Waals surface area contributed by atoms with Crippen molar-refractivity contribution in [1.29, 1.82) is 0 Å². The molecule has 0 unspecified atom stereocenters. The third-order valence-corrected chi connectivity index (χ3v) is 2.65. The van der Waals surface area contributed by atoms with Crippen LogP contribution in [0.1, 0.15) is 92.1 Å². The van der Waals surface area contributed by atoms with Crippen LogP contribution in [0.5, 0.6) is 0 Å². The van der Waals surface area contributed by atoms with Crippen LogP contribution in [0.15, 0.2) is 30.3 Å². The Morgan fingerprint density at radius 1 is 0.600 bits per heavy atom. The van der Waals surface area contributed by atoms with E-state index in [0.717, 1.165) is 0 Å². The van der Waals surface area contributed by atoms with E-state index < -0.39 is 0 Å². The SMILES string of the molecule is CC.CC.CCCCCCCCC.Cc1ccccc1. The second-order valence-electron chi connectivity index (χ2n) is 4.42. The Kier molecular flexibility index (Phi) is 32.4. The first-order valence-electron chi connectivity index (χ1n) is 8.82. The van der Waals surface area contributed by atoms with Gasteiger partial charge in [0.15, 0.2) is 0 Å². The summed E-state index contributed by atoms with van der Waals surface area (Å²) in [5, 5.41) is 0. The van der Waals surface area contributed by atoms with Crippen molar-refractivity contribution in [1.82, 2.24) is 0 Å². The van der Waals surface area contributed by atoms with Crippen LogP contribution in [0.2, 0.25) is 0 Å². The lowest BCUT2D eigenvalue weighted by Gasteiger charge is -1.96. The van der Waals surface area contributed by atoms with Gasteiger partial charge in [0.25, 0.3) is 0 Å². The van der Waals surface area contributed by atoms with Crippen LogP contribution in [0.3, 0.4) is 0 Å². The Hall–Kier alpha value is -0.780. The molecule has 0 N–H and O–H groups in total. The molecule has 120 valence electrons. The van der Waals surface area contributed by atoms with E-state index >= 15 is 0 Å². The molecule has 0 saturated heterocycles. The molecular weight excluding hydrogens is 240 g/mol. The quantitative estimate of drug-likeness (QED) is 0.466. The number of rotatable bonds is 6. The fourth-order valence-electron chi connectivity index (χ4n) is 1.56. The zero-order valence-electron chi connectivity index (χ0n) is 15.3. The zero-order chi connectivity index (χ0) is 16.1. The topological polar surface area (TPSA) is 0 Å². The maximum absolute atomic E-state index is 2.26. The molecule has 0 aliphatic heterocycles. The van der Waals surface area contributed by atoms with E-state index in [-0.39, 0.29) is 0 Å². The second-order valence-corrected chi connectivity index (χ2v) is 4.42. The predicted molar refractivity (Wildman–Crippen MR) is 97.5 cm³/mol. The number of hydrogen-bond donors (Lipinski definition) is 0. The highest BCUT2D eigenvalue weighted by molar-refractivity contribution is 5.11. The predicted octanol–water partition coefficient (Wildman–Crippen LogP) is 7.80. The first kappa shape index (κ1) is 24.3. The molecule has 1 aromatic carbocycles. The van der Waals surface area contributed by atoms with E-state index in [2.05, 4.69) is 32.9 Å². The molecule has 0 aromatic heterocycles. The van der Waals surface area contributed by atoms with E-state index in [4.69, 9.17) is 0 Å². The lowest BCUT2D eigenvalue weighted by molar-refractivity contribution is 0.602. The van der Waals surface area contributed by atoms with Gasteiger partial charge < -0.3 is 0 Å². The first-order chi connectivity index (χ1) is 9.81. The lowest BCUT2D eigenvalue weighted by Crippen LogP contribution is -1.76. The molecular formula is C20H40. The Morgan fingerprint density at radius 3 is 1.20 bits per heavy atom. The van der Waals surface area contributed by atoms with Gasteiger partial charge in [0, 0.05) is 0 Å². The molecule has 0 amide bonds. The van der Waals surface area contributed by atoms with Crippen LogP contribution in [-0.2, 0) is 0 Å². The van der Waals surface area contributed by atoms with E-state index in [1.807, 2.05) is 45.9 Å². The highest BCUT2D eigenvalue weighted by Crippen LogP contribution is 2.05. The van der Waals surface area contributed by atoms with Crippen molar-refractivity contribution in [3.63, 3.8) is 0 Å². The number of hydrogen-bond acceptors (Lipinski definition) is 0. The monoisotopic (exact) mass is 280 g/mol. The molecule has 0 heterocycles. The van der Waals surface area contributed by atoms with Gasteiger partial charge in [-0.2, -0.15) is 0 Å². The van der Waals surface area contributed by atoms with Crippen LogP contribution in [0.25, 0.3) is 0 Å². The molecule has 0 aliphatic carbocycles. The Bertz CT molecular complexity index is 207. The van der Waals surface area contributed by atoms with Crippen molar-refractivity contribution in [3.05, 3.63) is 35.9 Å². The standard InChI is InChI=1S/C9H20.C7H8.2C2H6/c1-3-5-7-9-8-6-4-2;1-7-5-3-2-4-6-7;2*1-2/h3-9H2,1-2H3;2-6H,1H3;2*1-2H3. The molecule has 0 radical (unpaired) electrons. The molecule has 20 heavy (non-hydrogen) atoms. The Morgan fingerprint density at radius 2 is 0.950 bits per heavy atom. The minimum absolute atomic E-state index is 1.32. The summed E-state index contributed by atoms with van der Waals surface area (Å²) in [5.41, 5.74) is 1.32. The molecule has 0 heteroatoms. The molecule has 1 aromatic rings. The average molecular weight is 281 g/mol. The van der Waals surface area contributed by atoms with Gasteiger partial charge in [-0.1, -0.05) is 122 Å². The lowest BCUT2D eigenvalue weighted by atomic mass is 10.1. The van der Waals surface area contributed by atoms with E-state index in [0.29, 0.717) is 0 Å². The Labute approximate surface area is 130 Å². The first-order valence-corrected chi connectivity index (χ1v) is 8.82. The highest BCUT2D eigenvalue weighted by Gasteiger charge is 1.85. The Balaban J connectivity index is -0.000000234. The number of benzene rings is 1. The van der Waals surface area contributed by atoms with Crippen molar-refractivity contribution in [2.75, 3.05) is 0 Å². The summed E-state index contributed by atoms with van der Waals surface area (Å²) >= 11 is 0. The molecule has 0 spiro atoms. The van der Waals surface area contributed by atoms with Crippen molar-refractivity contribution in [3.8, 4) is 0 Å². The second kappa shape index (κ2) is 26.7. The van der Waals surface area contributed by atoms with Crippen LogP contribution >= 0.6 is 0 Å². The summed E-state index contributed by atoms with van der Waals surface area (Å²) in [5.74, 6) is 0. The fraction of sp³-hybridized carbons (Fsp3) is 0.700. The summed E-state index contributed by atoms with van der Waals surface area (Å²) in [6.45, 7) is 14.6. The molecule has 0 atom stereocenters. The summed E-state index contributed by atoms with van der Waals surface area (Å²) in [6.07, 6.45) is 9.97. The minimum Gasteiger partial charge on any atom is -0.0683 e. The molecule has 1 rings (SSSR count). The zero-order valence-corrected chi connectivity index (χ0v) is 15.3. The number of unbranched alkanes of at least 4 members (excludes halogenated alkanes) is 6. The average Bonchev–Trinajstić information content (AvgIpc) is 2.53. The minimum atomic E-state index is 1.32. The van der Waals surface area contributed by atoms with Crippen molar-refractivity contribution in [2.45, 2.75) is 93.4 Å². The van der Waals surface area contributed by atoms with E-state index in [1.54, 1.807) is 0 Å². The molecule has 0 saturated carbocycles. The van der Waals surface area contributed by atoms with Gasteiger partial charge in [-0.3, -0.25) is 0 Å². The normalized spacial score (nSPS) is 8.15. The van der Waals surface area contributed by atoms with Gasteiger partial charge in [0.2, 0.25) is 0 Å². The summed E-state index contributed by atoms with van der Waals surface area (Å²) in [6, 6.07) is 10.3. The number of aryl methyl sites for hydroxylation is 1. The van der Waals surface area contributed by atoms with Crippen molar-refractivity contribution >= 4 is 0 Å².